The Morgan fingerprint density at radius 1 is 1.25 bits per heavy atom. The van der Waals surface area contributed by atoms with Gasteiger partial charge in [0.05, 0.1) is 18.2 Å². The molecule has 6 heteroatoms. The molecule has 1 amide bonds. The van der Waals surface area contributed by atoms with Crippen LogP contribution in [0.1, 0.15) is 36.9 Å². The molecule has 1 aliphatic carbocycles. The molecule has 1 saturated heterocycles. The fourth-order valence-corrected chi connectivity index (χ4v) is 3.99. The van der Waals surface area contributed by atoms with E-state index in [1.165, 1.54) is 11.8 Å². The SMILES string of the molecule is O=C(N1CCC(O)(c2cn[nH]n2)C1)C1(Cc2ccccc2)CCC1. The van der Waals surface area contributed by atoms with E-state index in [1.54, 1.807) is 0 Å². The van der Waals surface area contributed by atoms with Gasteiger partial charge >= 0.3 is 0 Å². The van der Waals surface area contributed by atoms with Crippen molar-refractivity contribution in [1.82, 2.24) is 20.3 Å². The van der Waals surface area contributed by atoms with E-state index in [-0.39, 0.29) is 11.3 Å². The summed E-state index contributed by atoms with van der Waals surface area (Å²) < 4.78 is 0. The average Bonchev–Trinajstić information content (AvgIpc) is 3.22. The van der Waals surface area contributed by atoms with Crippen LogP contribution in [0, 0.1) is 5.41 Å². The molecule has 1 unspecified atom stereocenters. The van der Waals surface area contributed by atoms with Crippen molar-refractivity contribution in [2.45, 2.75) is 37.7 Å². The molecule has 1 aromatic heterocycles. The highest BCUT2D eigenvalue weighted by molar-refractivity contribution is 5.84. The van der Waals surface area contributed by atoms with Gasteiger partial charge in [-0.2, -0.15) is 15.4 Å². The van der Waals surface area contributed by atoms with E-state index in [4.69, 9.17) is 0 Å². The second-order valence-electron chi connectivity index (χ2n) is 7.16. The van der Waals surface area contributed by atoms with Gasteiger partial charge in [0.1, 0.15) is 11.3 Å². The number of amides is 1. The van der Waals surface area contributed by atoms with Crippen molar-refractivity contribution in [3.63, 3.8) is 0 Å². The maximum Gasteiger partial charge on any atom is 0.229 e. The minimum atomic E-state index is -1.08. The average molecular weight is 326 g/mol. The number of carbonyl (C=O) groups excluding carboxylic acids is 1. The number of benzene rings is 1. The van der Waals surface area contributed by atoms with Crippen molar-refractivity contribution in [2.75, 3.05) is 13.1 Å². The summed E-state index contributed by atoms with van der Waals surface area (Å²) in [6, 6.07) is 10.2. The van der Waals surface area contributed by atoms with Crippen molar-refractivity contribution in [2.24, 2.45) is 5.41 Å². The Morgan fingerprint density at radius 3 is 2.67 bits per heavy atom. The van der Waals surface area contributed by atoms with Crippen molar-refractivity contribution in [3.8, 4) is 0 Å². The Balaban J connectivity index is 1.51. The monoisotopic (exact) mass is 326 g/mol. The second-order valence-corrected chi connectivity index (χ2v) is 7.16. The molecule has 0 bridgehead atoms. The molecule has 2 aliphatic rings. The third kappa shape index (κ3) is 2.51. The molecule has 6 nitrogen and oxygen atoms in total. The van der Waals surface area contributed by atoms with Gasteiger partial charge in [0, 0.05) is 13.0 Å². The Bertz CT molecular complexity index is 712. The van der Waals surface area contributed by atoms with E-state index in [0.717, 1.165) is 25.7 Å². The van der Waals surface area contributed by atoms with Crippen LogP contribution in [0.15, 0.2) is 36.5 Å². The number of hydrogen-bond donors (Lipinski definition) is 2. The molecule has 2 aromatic rings. The lowest BCUT2D eigenvalue weighted by molar-refractivity contribution is -0.147. The number of nitrogens with one attached hydrogen (secondary N) is 1. The summed E-state index contributed by atoms with van der Waals surface area (Å²) in [5, 5.41) is 21.1. The van der Waals surface area contributed by atoms with Gasteiger partial charge in [-0.1, -0.05) is 36.8 Å². The van der Waals surface area contributed by atoms with Gasteiger partial charge in [-0.05, 0) is 24.8 Å². The summed E-state index contributed by atoms with van der Waals surface area (Å²) in [6.07, 6.45) is 5.79. The van der Waals surface area contributed by atoms with Crippen molar-refractivity contribution >= 4 is 5.91 Å². The number of carbonyl (C=O) groups is 1. The van der Waals surface area contributed by atoms with Gasteiger partial charge in [0.15, 0.2) is 0 Å². The van der Waals surface area contributed by atoms with Crippen LogP contribution >= 0.6 is 0 Å². The zero-order chi connectivity index (χ0) is 16.6. The number of rotatable bonds is 4. The van der Waals surface area contributed by atoms with E-state index in [2.05, 4.69) is 27.5 Å². The summed E-state index contributed by atoms with van der Waals surface area (Å²) >= 11 is 0. The van der Waals surface area contributed by atoms with Crippen LogP contribution < -0.4 is 0 Å². The van der Waals surface area contributed by atoms with E-state index in [0.29, 0.717) is 25.2 Å². The van der Waals surface area contributed by atoms with Gasteiger partial charge in [-0.15, -0.1) is 0 Å². The number of nitrogens with zero attached hydrogens (tertiary/aromatic N) is 3. The minimum Gasteiger partial charge on any atom is -0.381 e. The third-order valence-electron chi connectivity index (χ3n) is 5.58. The number of aromatic amines is 1. The highest BCUT2D eigenvalue weighted by Crippen LogP contribution is 2.46. The summed E-state index contributed by atoms with van der Waals surface area (Å²) in [4.78, 5) is 15.0. The van der Waals surface area contributed by atoms with Gasteiger partial charge in [-0.3, -0.25) is 4.79 Å². The summed E-state index contributed by atoms with van der Waals surface area (Å²) in [7, 11) is 0. The van der Waals surface area contributed by atoms with Crippen LogP contribution in [-0.2, 0) is 16.8 Å². The van der Waals surface area contributed by atoms with Crippen LogP contribution in [-0.4, -0.2) is 44.4 Å². The standard InChI is InChI=1S/C18H22N4O2/c23-16(17(7-4-8-17)11-14-5-2-1-3-6-14)22-10-9-18(24,13-22)15-12-19-21-20-15/h1-3,5-6,12,24H,4,7-11,13H2,(H,19,20,21). The van der Waals surface area contributed by atoms with Crippen LogP contribution in [0.5, 0.6) is 0 Å². The summed E-state index contributed by atoms with van der Waals surface area (Å²) in [5.41, 5.74) is 0.344. The molecule has 126 valence electrons. The molecular formula is C18H22N4O2. The molecule has 1 aliphatic heterocycles. The summed E-state index contributed by atoms with van der Waals surface area (Å²) in [6.45, 7) is 0.869. The molecule has 1 aromatic carbocycles. The molecule has 1 atom stereocenters. The minimum absolute atomic E-state index is 0.178. The van der Waals surface area contributed by atoms with Crippen LogP contribution in [0.3, 0.4) is 0 Å². The number of aliphatic hydroxyl groups is 1. The third-order valence-corrected chi connectivity index (χ3v) is 5.58. The van der Waals surface area contributed by atoms with Gasteiger partial charge in [0.2, 0.25) is 5.91 Å². The number of β-amino-alcohol motifs (C(OH)–C–C–N with tert-alkyl or cyclic N) is 1. The van der Waals surface area contributed by atoms with E-state index in [9.17, 15) is 9.90 Å². The molecule has 2 heterocycles. The second kappa shape index (κ2) is 5.70. The maximum atomic E-state index is 13.2. The first kappa shape index (κ1) is 15.3. The van der Waals surface area contributed by atoms with Gasteiger partial charge < -0.3 is 10.0 Å². The fourth-order valence-electron chi connectivity index (χ4n) is 3.99. The number of hydrogen-bond acceptors (Lipinski definition) is 4. The largest absolute Gasteiger partial charge is 0.381 e. The molecule has 0 spiro atoms. The smallest absolute Gasteiger partial charge is 0.229 e. The number of H-pyrrole nitrogens is 1. The van der Waals surface area contributed by atoms with Crippen LogP contribution in [0.4, 0.5) is 0 Å². The van der Waals surface area contributed by atoms with Crippen LogP contribution in [0.25, 0.3) is 0 Å². The first-order chi connectivity index (χ1) is 11.6. The fraction of sp³-hybridized carbons (Fsp3) is 0.500. The number of aromatic nitrogens is 3. The van der Waals surface area contributed by atoms with E-state index >= 15 is 0 Å². The molecule has 24 heavy (non-hydrogen) atoms. The Kier molecular flexibility index (Phi) is 3.64. The van der Waals surface area contributed by atoms with E-state index < -0.39 is 5.60 Å². The highest BCUT2D eigenvalue weighted by atomic mass is 16.3. The highest BCUT2D eigenvalue weighted by Gasteiger charge is 2.50. The molecule has 2 N–H and O–H groups in total. The Labute approximate surface area is 140 Å². The molecule has 1 saturated carbocycles. The molecule has 0 radical (unpaired) electrons. The van der Waals surface area contributed by atoms with Crippen molar-refractivity contribution in [1.29, 1.82) is 0 Å². The Morgan fingerprint density at radius 2 is 2.04 bits per heavy atom. The normalized spacial score (nSPS) is 25.5. The predicted molar refractivity (Wildman–Crippen MR) is 87.9 cm³/mol. The lowest BCUT2D eigenvalue weighted by atomic mass is 9.64. The van der Waals surface area contributed by atoms with Crippen molar-refractivity contribution < 1.29 is 9.90 Å². The topological polar surface area (TPSA) is 82.1 Å². The molecule has 2 fully saturated rings. The zero-order valence-corrected chi connectivity index (χ0v) is 13.6. The van der Waals surface area contributed by atoms with Gasteiger partial charge in [-0.25, -0.2) is 0 Å². The zero-order valence-electron chi connectivity index (χ0n) is 13.6. The predicted octanol–water partition coefficient (Wildman–Crippen LogP) is 1.64. The quantitative estimate of drug-likeness (QED) is 0.895. The molecule has 4 rings (SSSR count). The Hall–Kier alpha value is -2.21. The lowest BCUT2D eigenvalue weighted by Crippen LogP contribution is -2.49. The van der Waals surface area contributed by atoms with Gasteiger partial charge in [0.25, 0.3) is 0 Å². The maximum absolute atomic E-state index is 13.2. The van der Waals surface area contributed by atoms with E-state index in [1.807, 2.05) is 23.1 Å². The molecular weight excluding hydrogens is 304 g/mol. The first-order valence-corrected chi connectivity index (χ1v) is 8.53. The first-order valence-electron chi connectivity index (χ1n) is 8.53. The number of likely N-dealkylation sites (tertiary alicyclic amines) is 1. The lowest BCUT2D eigenvalue weighted by Gasteiger charge is -2.43. The van der Waals surface area contributed by atoms with Crippen LogP contribution in [0.2, 0.25) is 0 Å². The van der Waals surface area contributed by atoms with Crippen molar-refractivity contribution in [3.05, 3.63) is 47.8 Å². The summed E-state index contributed by atoms with van der Waals surface area (Å²) in [5.74, 6) is 0.178.